The molecule has 2 aliphatic rings. The molecule has 2 saturated heterocycles. The van der Waals surface area contributed by atoms with Gasteiger partial charge in [0.1, 0.15) is 5.69 Å². The lowest BCUT2D eigenvalue weighted by Crippen LogP contribution is -2.39. The largest absolute Gasteiger partial charge is 0.367 e. The third-order valence-electron chi connectivity index (χ3n) is 7.00. The highest BCUT2D eigenvalue weighted by atomic mass is 16.2. The monoisotopic (exact) mass is 472 g/mol. The summed E-state index contributed by atoms with van der Waals surface area (Å²) in [5.74, 6) is -0.317. The normalized spacial score (nSPS) is 18.2. The Morgan fingerprint density at radius 3 is 2.69 bits per heavy atom. The lowest BCUT2D eigenvalue weighted by atomic mass is 10.1. The van der Waals surface area contributed by atoms with Crippen molar-refractivity contribution in [2.45, 2.75) is 45.1 Å². The molecule has 3 aromatic rings. The molecule has 2 fully saturated rings. The number of carbonyl (C=O) groups excluding carboxylic acids is 1. The van der Waals surface area contributed by atoms with Crippen molar-refractivity contribution in [2.24, 2.45) is 0 Å². The number of nitrogens with zero attached hydrogens (tertiary/aromatic N) is 4. The second-order valence-corrected chi connectivity index (χ2v) is 9.38. The second-order valence-electron chi connectivity index (χ2n) is 9.38. The van der Waals surface area contributed by atoms with Crippen molar-refractivity contribution in [3.8, 4) is 11.3 Å². The van der Waals surface area contributed by atoms with Crippen molar-refractivity contribution in [1.29, 1.82) is 0 Å². The Morgan fingerprint density at radius 1 is 1.11 bits per heavy atom. The Hall–Kier alpha value is -3.52. The van der Waals surface area contributed by atoms with Gasteiger partial charge in [-0.1, -0.05) is 6.92 Å². The molecule has 1 unspecified atom stereocenters. The number of benzene rings is 1. The zero-order valence-corrected chi connectivity index (χ0v) is 20.2. The highest BCUT2D eigenvalue weighted by molar-refractivity contribution is 6.04. The van der Waals surface area contributed by atoms with Crippen LogP contribution in [-0.4, -0.2) is 58.0 Å². The van der Waals surface area contributed by atoms with Gasteiger partial charge in [0.2, 0.25) is 0 Å². The summed E-state index contributed by atoms with van der Waals surface area (Å²) in [6.45, 7) is 6.59. The number of carbonyl (C=O) groups is 1. The van der Waals surface area contributed by atoms with Crippen LogP contribution in [0.2, 0.25) is 0 Å². The van der Waals surface area contributed by atoms with Crippen LogP contribution in [-0.2, 0) is 6.42 Å². The quantitative estimate of drug-likeness (QED) is 0.544. The number of hydrogen-bond acceptors (Lipinski definition) is 6. The number of aryl methyl sites for hydroxylation is 1. The number of likely N-dealkylation sites (tertiary alicyclic amines) is 1. The summed E-state index contributed by atoms with van der Waals surface area (Å²) in [6, 6.07) is 9.88. The highest BCUT2D eigenvalue weighted by Crippen LogP contribution is 2.27. The van der Waals surface area contributed by atoms with Gasteiger partial charge in [0.25, 0.3) is 11.5 Å². The second kappa shape index (κ2) is 10.4. The van der Waals surface area contributed by atoms with E-state index in [2.05, 4.69) is 30.1 Å². The van der Waals surface area contributed by atoms with E-state index in [1.54, 1.807) is 24.7 Å². The fraction of sp³-hybridized carbons (Fsp3) is 0.407. The molecule has 1 amide bonds. The summed E-state index contributed by atoms with van der Waals surface area (Å²) in [4.78, 5) is 41.8. The van der Waals surface area contributed by atoms with Crippen LogP contribution in [0.3, 0.4) is 0 Å². The van der Waals surface area contributed by atoms with E-state index in [4.69, 9.17) is 0 Å². The third-order valence-corrected chi connectivity index (χ3v) is 7.00. The van der Waals surface area contributed by atoms with Crippen molar-refractivity contribution < 1.29 is 4.79 Å². The number of pyridine rings is 1. The highest BCUT2D eigenvalue weighted by Gasteiger charge is 2.27. The number of anilines is 2. The molecule has 8 heteroatoms. The SMILES string of the molecule is CCc1cncc(-c2c[nH]c(=O)c(NC(=O)c3ccc(N4CCCC4CN4CCCC4)cc3)c2)n1. The first-order chi connectivity index (χ1) is 17.1. The maximum Gasteiger partial charge on any atom is 0.271 e. The summed E-state index contributed by atoms with van der Waals surface area (Å²) >= 11 is 0. The average molecular weight is 473 g/mol. The van der Waals surface area contributed by atoms with Crippen molar-refractivity contribution in [3.63, 3.8) is 0 Å². The molecule has 0 bridgehead atoms. The zero-order valence-electron chi connectivity index (χ0n) is 20.2. The number of nitrogens with one attached hydrogen (secondary N) is 2. The van der Waals surface area contributed by atoms with Crippen molar-refractivity contribution in [1.82, 2.24) is 19.9 Å². The minimum Gasteiger partial charge on any atom is -0.367 e. The standard InChI is InChI=1S/C27H32N6O2/c1-2-21-16-28-17-25(30-21)20-14-24(27(35)29-15-20)31-26(34)19-7-9-22(10-8-19)33-13-5-6-23(33)18-32-11-3-4-12-32/h7-10,14-17,23H,2-6,11-13,18H2,1H3,(H,29,35)(H,31,34). The molecule has 5 rings (SSSR count). The van der Waals surface area contributed by atoms with E-state index in [1.165, 1.54) is 38.8 Å². The molecule has 0 aliphatic carbocycles. The molecule has 8 nitrogen and oxygen atoms in total. The predicted molar refractivity (Wildman–Crippen MR) is 138 cm³/mol. The summed E-state index contributed by atoms with van der Waals surface area (Å²) in [5, 5.41) is 2.76. The summed E-state index contributed by atoms with van der Waals surface area (Å²) < 4.78 is 0. The maximum atomic E-state index is 12.9. The molecule has 1 atom stereocenters. The van der Waals surface area contributed by atoms with Gasteiger partial charge in [0.15, 0.2) is 0 Å². The van der Waals surface area contributed by atoms with Crippen molar-refractivity contribution in [3.05, 3.63) is 70.5 Å². The molecule has 35 heavy (non-hydrogen) atoms. The smallest absolute Gasteiger partial charge is 0.271 e. The van der Waals surface area contributed by atoms with Crippen molar-refractivity contribution >= 4 is 17.3 Å². The van der Waals surface area contributed by atoms with E-state index in [-0.39, 0.29) is 17.2 Å². The van der Waals surface area contributed by atoms with E-state index in [0.29, 0.717) is 22.9 Å². The first kappa shape index (κ1) is 23.2. The van der Waals surface area contributed by atoms with E-state index >= 15 is 0 Å². The topological polar surface area (TPSA) is 94.2 Å². The lowest BCUT2D eigenvalue weighted by molar-refractivity contribution is 0.102. The molecule has 0 radical (unpaired) electrons. The minimum absolute atomic E-state index is 0.186. The summed E-state index contributed by atoms with van der Waals surface area (Å²) in [7, 11) is 0. The fourth-order valence-electron chi connectivity index (χ4n) is 5.07. The van der Waals surface area contributed by atoms with Crippen LogP contribution < -0.4 is 15.8 Å². The average Bonchev–Trinajstić information content (AvgIpc) is 3.58. The molecule has 2 aliphatic heterocycles. The number of aromatic amines is 1. The van der Waals surface area contributed by atoms with E-state index in [9.17, 15) is 9.59 Å². The Bertz CT molecular complexity index is 1230. The van der Waals surface area contributed by atoms with E-state index < -0.39 is 0 Å². The third kappa shape index (κ3) is 5.27. The van der Waals surface area contributed by atoms with Gasteiger partial charge in [-0.2, -0.15) is 0 Å². The molecule has 0 spiro atoms. The van der Waals surface area contributed by atoms with E-state index in [1.807, 2.05) is 31.2 Å². The number of hydrogen-bond donors (Lipinski definition) is 2. The first-order valence-corrected chi connectivity index (χ1v) is 12.5. The number of aromatic nitrogens is 3. The number of amides is 1. The number of rotatable bonds is 7. The van der Waals surface area contributed by atoms with Gasteiger partial charge in [-0.05, 0) is 75.5 Å². The van der Waals surface area contributed by atoms with Crippen LogP contribution in [0.25, 0.3) is 11.3 Å². The Morgan fingerprint density at radius 2 is 1.91 bits per heavy atom. The number of H-pyrrole nitrogens is 1. The summed E-state index contributed by atoms with van der Waals surface area (Å²) in [5.41, 5.74) is 3.69. The Kier molecular flexibility index (Phi) is 6.90. The molecular weight excluding hydrogens is 440 g/mol. The lowest BCUT2D eigenvalue weighted by Gasteiger charge is -2.30. The van der Waals surface area contributed by atoms with E-state index in [0.717, 1.165) is 30.9 Å². The van der Waals surface area contributed by atoms with Crippen LogP contribution in [0.5, 0.6) is 0 Å². The van der Waals surface area contributed by atoms with Crippen LogP contribution in [0.4, 0.5) is 11.4 Å². The minimum atomic E-state index is -0.361. The van der Waals surface area contributed by atoms with Gasteiger partial charge in [-0.3, -0.25) is 14.6 Å². The molecule has 1 aromatic carbocycles. The zero-order chi connectivity index (χ0) is 24.2. The van der Waals surface area contributed by atoms with Crippen LogP contribution in [0, 0.1) is 0 Å². The summed E-state index contributed by atoms with van der Waals surface area (Å²) in [6.07, 6.45) is 10.7. The molecule has 0 saturated carbocycles. The van der Waals surface area contributed by atoms with Crippen LogP contribution in [0.15, 0.2) is 53.7 Å². The molecule has 2 N–H and O–H groups in total. The van der Waals surface area contributed by atoms with Gasteiger partial charge in [0, 0.05) is 48.3 Å². The Balaban J connectivity index is 1.28. The van der Waals surface area contributed by atoms with Crippen LogP contribution >= 0.6 is 0 Å². The molecule has 2 aromatic heterocycles. The van der Waals surface area contributed by atoms with Gasteiger partial charge in [-0.25, -0.2) is 4.98 Å². The van der Waals surface area contributed by atoms with Gasteiger partial charge < -0.3 is 20.1 Å². The molecular formula is C27H32N6O2. The maximum absolute atomic E-state index is 12.9. The molecule has 182 valence electrons. The van der Waals surface area contributed by atoms with Crippen LogP contribution in [0.1, 0.15) is 48.7 Å². The molecule has 4 heterocycles. The first-order valence-electron chi connectivity index (χ1n) is 12.5. The van der Waals surface area contributed by atoms with Gasteiger partial charge in [-0.15, -0.1) is 0 Å². The van der Waals surface area contributed by atoms with Gasteiger partial charge in [0.05, 0.1) is 17.6 Å². The fourth-order valence-corrected chi connectivity index (χ4v) is 5.07. The predicted octanol–water partition coefficient (Wildman–Crippen LogP) is 3.71. The Labute approximate surface area is 205 Å². The van der Waals surface area contributed by atoms with Gasteiger partial charge >= 0.3 is 0 Å². The van der Waals surface area contributed by atoms with Crippen molar-refractivity contribution in [2.75, 3.05) is 36.4 Å².